The van der Waals surface area contributed by atoms with Crippen LogP contribution in [0.15, 0.2) is 24.3 Å². The summed E-state index contributed by atoms with van der Waals surface area (Å²) in [4.78, 5) is 16.9. The molecule has 1 fully saturated rings. The fraction of sp³-hybridized carbons (Fsp3) is 0.550. The van der Waals surface area contributed by atoms with E-state index in [4.69, 9.17) is 9.47 Å². The first kappa shape index (κ1) is 18.0. The van der Waals surface area contributed by atoms with E-state index in [2.05, 4.69) is 15.4 Å². The van der Waals surface area contributed by atoms with E-state index in [9.17, 15) is 4.79 Å². The molecule has 0 saturated carbocycles. The van der Waals surface area contributed by atoms with Crippen molar-refractivity contribution in [1.29, 1.82) is 0 Å². The number of nitrogens with one attached hydrogen (secondary N) is 1. The van der Waals surface area contributed by atoms with Gasteiger partial charge < -0.3 is 14.8 Å². The van der Waals surface area contributed by atoms with Crippen molar-refractivity contribution in [2.24, 2.45) is 0 Å². The normalized spacial score (nSPS) is 20.7. The monoisotopic (exact) mass is 370 g/mol. The Labute approximate surface area is 159 Å². The molecule has 3 heterocycles. The zero-order valence-corrected chi connectivity index (χ0v) is 15.9. The van der Waals surface area contributed by atoms with Crippen LogP contribution in [0.25, 0.3) is 0 Å². The molecule has 2 aromatic rings. The molecule has 1 saturated heterocycles. The van der Waals surface area contributed by atoms with Crippen LogP contribution in [0.5, 0.6) is 5.75 Å². The average molecular weight is 370 g/mol. The van der Waals surface area contributed by atoms with Crippen molar-refractivity contribution in [2.75, 3.05) is 13.2 Å². The van der Waals surface area contributed by atoms with E-state index in [-0.39, 0.29) is 17.6 Å². The Bertz CT molecular complexity index is 826. The Hall–Kier alpha value is -2.41. The van der Waals surface area contributed by atoms with Gasteiger partial charge in [0.2, 0.25) is 5.91 Å². The molecule has 0 unspecified atom stereocenters. The second kappa shape index (κ2) is 7.31. The molecule has 2 aliphatic rings. The predicted octanol–water partition coefficient (Wildman–Crippen LogP) is 2.47. The highest BCUT2D eigenvalue weighted by Gasteiger charge is 2.42. The largest absolute Gasteiger partial charge is 0.487 e. The maximum absolute atomic E-state index is 12.6. The summed E-state index contributed by atoms with van der Waals surface area (Å²) in [6, 6.07) is 7.96. The number of rotatable bonds is 4. The van der Waals surface area contributed by atoms with Gasteiger partial charge in [0.1, 0.15) is 23.0 Å². The number of para-hydroxylation sites is 1. The van der Waals surface area contributed by atoms with Crippen molar-refractivity contribution in [3.8, 4) is 5.75 Å². The summed E-state index contributed by atoms with van der Waals surface area (Å²) < 4.78 is 13.7. The standard InChI is InChI=1S/C20H26N4O3/c1-14-21-15(2)24(23-14)10-7-19(25)22-17-13-20(8-11-26-12-9-20)27-18-6-4-3-5-16(17)18/h3-6,17H,7-13H2,1-2H3,(H,22,25)/t17-/m0/s1. The van der Waals surface area contributed by atoms with Gasteiger partial charge in [-0.25, -0.2) is 9.67 Å². The lowest BCUT2D eigenvalue weighted by Gasteiger charge is -2.44. The Balaban J connectivity index is 1.46. The van der Waals surface area contributed by atoms with Crippen LogP contribution in [0.4, 0.5) is 0 Å². The Morgan fingerprint density at radius 2 is 2.07 bits per heavy atom. The number of hydrogen-bond acceptors (Lipinski definition) is 5. The summed E-state index contributed by atoms with van der Waals surface area (Å²) in [6.07, 6.45) is 2.86. The highest BCUT2D eigenvalue weighted by Crippen LogP contribution is 2.43. The quantitative estimate of drug-likeness (QED) is 0.895. The molecule has 0 bridgehead atoms. The molecule has 0 radical (unpaired) electrons. The van der Waals surface area contributed by atoms with E-state index in [0.29, 0.717) is 26.2 Å². The van der Waals surface area contributed by atoms with Crippen LogP contribution in [-0.2, 0) is 16.1 Å². The van der Waals surface area contributed by atoms with Crippen molar-refractivity contribution >= 4 is 5.91 Å². The van der Waals surface area contributed by atoms with Gasteiger partial charge in [0.25, 0.3) is 0 Å². The first-order valence-electron chi connectivity index (χ1n) is 9.58. The third-order valence-corrected chi connectivity index (χ3v) is 5.45. The van der Waals surface area contributed by atoms with Crippen LogP contribution in [0.1, 0.15) is 48.9 Å². The van der Waals surface area contributed by atoms with Gasteiger partial charge in [-0.2, -0.15) is 5.10 Å². The Morgan fingerprint density at radius 1 is 1.30 bits per heavy atom. The first-order valence-corrected chi connectivity index (χ1v) is 9.58. The van der Waals surface area contributed by atoms with Gasteiger partial charge in [-0.1, -0.05) is 18.2 Å². The number of carbonyl (C=O) groups excluding carboxylic acids is 1. The SMILES string of the molecule is Cc1nc(C)n(CCC(=O)N[C@H]2CC3(CCOCC3)Oc3ccccc32)n1. The second-order valence-corrected chi connectivity index (χ2v) is 7.44. The number of benzene rings is 1. The van der Waals surface area contributed by atoms with Gasteiger partial charge in [0.05, 0.1) is 25.8 Å². The number of aromatic nitrogens is 3. The van der Waals surface area contributed by atoms with Crippen molar-refractivity contribution in [3.05, 3.63) is 41.5 Å². The van der Waals surface area contributed by atoms with E-state index in [1.54, 1.807) is 4.68 Å². The van der Waals surface area contributed by atoms with E-state index in [1.165, 1.54) is 0 Å². The van der Waals surface area contributed by atoms with Gasteiger partial charge in [-0.15, -0.1) is 0 Å². The molecule has 7 nitrogen and oxygen atoms in total. The molecule has 1 N–H and O–H groups in total. The minimum absolute atomic E-state index is 0.0199. The summed E-state index contributed by atoms with van der Waals surface area (Å²) in [5.41, 5.74) is 0.806. The van der Waals surface area contributed by atoms with Crippen LogP contribution >= 0.6 is 0 Å². The molecule has 1 aromatic carbocycles. The number of ether oxygens (including phenoxy) is 2. The van der Waals surface area contributed by atoms with E-state index >= 15 is 0 Å². The molecule has 0 aliphatic carbocycles. The lowest BCUT2D eigenvalue weighted by molar-refractivity contribution is -0.123. The number of hydrogen-bond donors (Lipinski definition) is 1. The van der Waals surface area contributed by atoms with Crippen LogP contribution in [-0.4, -0.2) is 39.5 Å². The van der Waals surface area contributed by atoms with Crippen LogP contribution in [0.3, 0.4) is 0 Å². The van der Waals surface area contributed by atoms with Crippen LogP contribution < -0.4 is 10.1 Å². The predicted molar refractivity (Wildman–Crippen MR) is 99.5 cm³/mol. The van der Waals surface area contributed by atoms with Gasteiger partial charge in [-0.05, 0) is 19.9 Å². The third-order valence-electron chi connectivity index (χ3n) is 5.45. The minimum atomic E-state index is -0.246. The van der Waals surface area contributed by atoms with Gasteiger partial charge in [-0.3, -0.25) is 4.79 Å². The molecule has 1 atom stereocenters. The van der Waals surface area contributed by atoms with E-state index in [0.717, 1.165) is 42.2 Å². The Kier molecular flexibility index (Phi) is 4.86. The smallest absolute Gasteiger partial charge is 0.222 e. The topological polar surface area (TPSA) is 78.3 Å². The maximum Gasteiger partial charge on any atom is 0.222 e. The van der Waals surface area contributed by atoms with Crippen molar-refractivity contribution in [3.63, 3.8) is 0 Å². The van der Waals surface area contributed by atoms with E-state index in [1.807, 2.05) is 38.1 Å². The maximum atomic E-state index is 12.6. The fourth-order valence-corrected chi connectivity index (χ4v) is 4.04. The lowest BCUT2D eigenvalue weighted by atomic mass is 9.82. The second-order valence-electron chi connectivity index (χ2n) is 7.44. The Morgan fingerprint density at radius 3 is 2.81 bits per heavy atom. The number of amides is 1. The molecular formula is C20H26N4O3. The number of aryl methyl sites for hydroxylation is 3. The number of fused-ring (bicyclic) bond motifs is 1. The lowest BCUT2D eigenvalue weighted by Crippen LogP contribution is -2.48. The molecule has 1 amide bonds. The van der Waals surface area contributed by atoms with Crippen molar-refractivity contribution in [2.45, 2.75) is 57.7 Å². The summed E-state index contributed by atoms with van der Waals surface area (Å²) in [6.45, 7) is 5.70. The van der Waals surface area contributed by atoms with Gasteiger partial charge in [0, 0.05) is 31.2 Å². The van der Waals surface area contributed by atoms with E-state index < -0.39 is 0 Å². The molecule has 1 aromatic heterocycles. The van der Waals surface area contributed by atoms with Crippen molar-refractivity contribution in [1.82, 2.24) is 20.1 Å². The van der Waals surface area contributed by atoms with Crippen LogP contribution in [0.2, 0.25) is 0 Å². The highest BCUT2D eigenvalue weighted by molar-refractivity contribution is 5.76. The summed E-state index contributed by atoms with van der Waals surface area (Å²) in [5.74, 6) is 2.45. The highest BCUT2D eigenvalue weighted by atomic mass is 16.5. The number of nitrogens with zero attached hydrogens (tertiary/aromatic N) is 3. The van der Waals surface area contributed by atoms with Crippen LogP contribution in [0, 0.1) is 13.8 Å². The van der Waals surface area contributed by atoms with Gasteiger partial charge >= 0.3 is 0 Å². The summed E-state index contributed by atoms with van der Waals surface area (Å²) in [7, 11) is 0. The van der Waals surface area contributed by atoms with Crippen molar-refractivity contribution < 1.29 is 14.3 Å². The zero-order chi connectivity index (χ0) is 18.9. The summed E-state index contributed by atoms with van der Waals surface area (Å²) in [5, 5.41) is 7.55. The summed E-state index contributed by atoms with van der Waals surface area (Å²) >= 11 is 0. The number of carbonyl (C=O) groups is 1. The molecule has 7 heteroatoms. The first-order chi connectivity index (χ1) is 13.0. The zero-order valence-electron chi connectivity index (χ0n) is 15.9. The molecule has 144 valence electrons. The minimum Gasteiger partial charge on any atom is -0.487 e. The molecule has 2 aliphatic heterocycles. The average Bonchev–Trinajstić information content (AvgIpc) is 2.98. The molecule has 27 heavy (non-hydrogen) atoms. The molecule has 4 rings (SSSR count). The molecular weight excluding hydrogens is 344 g/mol. The molecule has 1 spiro atoms. The van der Waals surface area contributed by atoms with Gasteiger partial charge in [0.15, 0.2) is 0 Å². The fourth-order valence-electron chi connectivity index (χ4n) is 4.04. The third kappa shape index (κ3) is 3.83.